The molecule has 0 fully saturated rings. The maximum atomic E-state index is 12.2. The van der Waals surface area contributed by atoms with Crippen molar-refractivity contribution in [3.05, 3.63) is 23.0 Å². The molecule has 19 heavy (non-hydrogen) atoms. The van der Waals surface area contributed by atoms with Crippen LogP contribution >= 0.6 is 12.2 Å². The third-order valence-corrected chi connectivity index (χ3v) is 3.16. The summed E-state index contributed by atoms with van der Waals surface area (Å²) in [6, 6.07) is 5.36. The van der Waals surface area contributed by atoms with Gasteiger partial charge in [0, 0.05) is 13.0 Å². The second-order valence-electron chi connectivity index (χ2n) is 4.15. The van der Waals surface area contributed by atoms with Crippen LogP contribution in [0.15, 0.2) is 18.2 Å². The van der Waals surface area contributed by atoms with E-state index in [1.807, 2.05) is 0 Å². The van der Waals surface area contributed by atoms with Crippen LogP contribution in [0.3, 0.4) is 0 Å². The van der Waals surface area contributed by atoms with E-state index in [-0.39, 0.29) is 13.0 Å². The maximum absolute atomic E-state index is 12.2. The van der Waals surface area contributed by atoms with Gasteiger partial charge >= 0.3 is 6.18 Å². The number of para-hydroxylation sites is 1. The minimum absolute atomic E-state index is 0.00195. The van der Waals surface area contributed by atoms with Gasteiger partial charge in [-0.05, 0) is 30.8 Å². The van der Waals surface area contributed by atoms with Gasteiger partial charge in [-0.15, -0.1) is 0 Å². The smallest absolute Gasteiger partial charge is 0.389 e. The number of ether oxygens (including phenoxy) is 1. The number of nitrogens with zero attached hydrogens (tertiary/aromatic N) is 1. The lowest BCUT2D eigenvalue weighted by atomic mass is 10.2. The molecule has 0 bridgehead atoms. The summed E-state index contributed by atoms with van der Waals surface area (Å²) in [5, 5.41) is 0. The minimum atomic E-state index is -4.13. The second kappa shape index (κ2) is 5.24. The highest BCUT2D eigenvalue weighted by molar-refractivity contribution is 7.71. The van der Waals surface area contributed by atoms with Crippen LogP contribution < -0.4 is 4.74 Å². The minimum Gasteiger partial charge on any atom is -0.494 e. The number of hydrogen-bond donors (Lipinski definition) is 1. The predicted octanol–water partition coefficient (Wildman–Crippen LogP) is 4.05. The van der Waals surface area contributed by atoms with Crippen LogP contribution in [0.5, 0.6) is 5.75 Å². The van der Waals surface area contributed by atoms with Crippen molar-refractivity contribution in [2.45, 2.75) is 25.6 Å². The van der Waals surface area contributed by atoms with Crippen molar-refractivity contribution in [3.63, 3.8) is 0 Å². The average Bonchev–Trinajstić information content (AvgIpc) is 2.64. The average molecular weight is 290 g/mol. The molecule has 0 aliphatic carbocycles. The normalized spacial score (nSPS) is 12.0. The molecular formula is C12H13F3N2OS. The van der Waals surface area contributed by atoms with E-state index in [1.54, 1.807) is 22.8 Å². The summed E-state index contributed by atoms with van der Waals surface area (Å²) in [4.78, 5) is 2.97. The number of imidazole rings is 1. The van der Waals surface area contributed by atoms with Crippen LogP contribution in [0, 0.1) is 4.77 Å². The zero-order valence-electron chi connectivity index (χ0n) is 10.3. The van der Waals surface area contributed by atoms with Gasteiger partial charge in [-0.2, -0.15) is 13.2 Å². The highest BCUT2D eigenvalue weighted by Gasteiger charge is 2.26. The molecule has 7 heteroatoms. The Labute approximate surface area is 113 Å². The van der Waals surface area contributed by atoms with Gasteiger partial charge in [-0.3, -0.25) is 0 Å². The summed E-state index contributed by atoms with van der Waals surface area (Å²) in [7, 11) is 1.53. The van der Waals surface area contributed by atoms with Crippen LogP contribution in [-0.4, -0.2) is 22.8 Å². The molecule has 0 amide bonds. The lowest BCUT2D eigenvalue weighted by Crippen LogP contribution is -2.09. The summed E-state index contributed by atoms with van der Waals surface area (Å²) in [6.07, 6.45) is -4.95. The number of nitrogens with one attached hydrogen (secondary N) is 1. The van der Waals surface area contributed by atoms with Gasteiger partial charge in [0.1, 0.15) is 11.3 Å². The Kier molecular flexibility index (Phi) is 3.84. The van der Waals surface area contributed by atoms with Gasteiger partial charge in [0.2, 0.25) is 0 Å². The molecule has 2 aromatic rings. The van der Waals surface area contributed by atoms with Crippen LogP contribution in [0.1, 0.15) is 12.8 Å². The van der Waals surface area contributed by atoms with Crippen LogP contribution in [0.25, 0.3) is 11.0 Å². The number of hydrogen-bond acceptors (Lipinski definition) is 2. The fraction of sp³-hybridized carbons (Fsp3) is 0.417. The molecule has 3 nitrogen and oxygen atoms in total. The summed E-state index contributed by atoms with van der Waals surface area (Å²) in [5.74, 6) is 0.623. The number of aryl methyl sites for hydroxylation is 1. The van der Waals surface area contributed by atoms with E-state index in [4.69, 9.17) is 17.0 Å². The standard InChI is InChI=1S/C12H13F3N2OS/c1-18-9-5-2-4-8-10(9)16-11(19)17(8)7-3-6-12(13,14)15/h2,4-5H,3,6-7H2,1H3,(H,16,19). The number of methoxy groups -OCH3 is 1. The molecule has 0 saturated heterocycles. The Hall–Kier alpha value is -1.50. The van der Waals surface area contributed by atoms with E-state index in [0.29, 0.717) is 16.0 Å². The van der Waals surface area contributed by atoms with Gasteiger partial charge in [-0.1, -0.05) is 6.07 Å². The monoisotopic (exact) mass is 290 g/mol. The topological polar surface area (TPSA) is 29.9 Å². The molecule has 1 aromatic heterocycles. The number of alkyl halides is 3. The summed E-state index contributed by atoms with van der Waals surface area (Å²) < 4.78 is 43.7. The van der Waals surface area contributed by atoms with E-state index in [9.17, 15) is 13.2 Å². The molecule has 0 spiro atoms. The Morgan fingerprint density at radius 1 is 1.37 bits per heavy atom. The lowest BCUT2D eigenvalue weighted by molar-refractivity contribution is -0.135. The van der Waals surface area contributed by atoms with Crippen molar-refractivity contribution in [3.8, 4) is 5.75 Å². The zero-order chi connectivity index (χ0) is 14.0. The first-order valence-electron chi connectivity index (χ1n) is 5.74. The largest absolute Gasteiger partial charge is 0.494 e. The van der Waals surface area contributed by atoms with Crippen molar-refractivity contribution in [1.29, 1.82) is 0 Å². The quantitative estimate of drug-likeness (QED) is 0.861. The number of fused-ring (bicyclic) bond motifs is 1. The molecule has 0 aliphatic heterocycles. The molecule has 0 saturated carbocycles. The highest BCUT2D eigenvalue weighted by Crippen LogP contribution is 2.26. The van der Waals surface area contributed by atoms with E-state index < -0.39 is 12.6 Å². The lowest BCUT2D eigenvalue weighted by Gasteiger charge is -2.07. The Balaban J connectivity index is 2.29. The zero-order valence-corrected chi connectivity index (χ0v) is 11.1. The summed E-state index contributed by atoms with van der Waals surface area (Å²) in [6.45, 7) is 0.228. The third-order valence-electron chi connectivity index (χ3n) is 2.83. The molecule has 0 aliphatic rings. The predicted molar refractivity (Wildman–Crippen MR) is 69.0 cm³/mol. The number of benzene rings is 1. The first kappa shape index (κ1) is 13.9. The van der Waals surface area contributed by atoms with Crippen molar-refractivity contribution in [1.82, 2.24) is 9.55 Å². The SMILES string of the molecule is COc1cccc2c1[nH]c(=S)n2CCCC(F)(F)F. The van der Waals surface area contributed by atoms with E-state index in [1.165, 1.54) is 7.11 Å². The summed E-state index contributed by atoms with van der Waals surface area (Å²) in [5.41, 5.74) is 1.47. The van der Waals surface area contributed by atoms with Crippen molar-refractivity contribution >= 4 is 23.3 Å². The molecular weight excluding hydrogens is 277 g/mol. The van der Waals surface area contributed by atoms with Crippen LogP contribution in [0.2, 0.25) is 0 Å². The van der Waals surface area contributed by atoms with E-state index in [2.05, 4.69) is 4.98 Å². The van der Waals surface area contributed by atoms with E-state index >= 15 is 0 Å². The fourth-order valence-electron chi connectivity index (χ4n) is 1.98. The molecule has 2 rings (SSSR count). The Morgan fingerprint density at radius 2 is 2.11 bits per heavy atom. The number of aromatic amines is 1. The van der Waals surface area contributed by atoms with E-state index in [0.717, 1.165) is 5.52 Å². The second-order valence-corrected chi connectivity index (χ2v) is 4.54. The van der Waals surface area contributed by atoms with Crippen LogP contribution in [0.4, 0.5) is 13.2 Å². The number of H-pyrrole nitrogens is 1. The molecule has 104 valence electrons. The van der Waals surface area contributed by atoms with Crippen molar-refractivity contribution < 1.29 is 17.9 Å². The fourth-order valence-corrected chi connectivity index (χ4v) is 2.28. The summed E-state index contributed by atoms with van der Waals surface area (Å²) >= 11 is 5.14. The number of halogens is 3. The van der Waals surface area contributed by atoms with Gasteiger partial charge in [0.15, 0.2) is 4.77 Å². The molecule has 0 atom stereocenters. The molecule has 0 unspecified atom stereocenters. The van der Waals surface area contributed by atoms with Gasteiger partial charge < -0.3 is 14.3 Å². The Bertz CT molecular complexity index is 630. The number of rotatable bonds is 4. The van der Waals surface area contributed by atoms with Crippen molar-refractivity contribution in [2.24, 2.45) is 0 Å². The van der Waals surface area contributed by atoms with Crippen molar-refractivity contribution in [2.75, 3.05) is 7.11 Å². The third kappa shape index (κ3) is 3.09. The van der Waals surface area contributed by atoms with Gasteiger partial charge in [0.25, 0.3) is 0 Å². The molecule has 1 aromatic carbocycles. The highest BCUT2D eigenvalue weighted by atomic mass is 32.1. The maximum Gasteiger partial charge on any atom is 0.389 e. The first-order valence-corrected chi connectivity index (χ1v) is 6.15. The first-order chi connectivity index (χ1) is 8.92. The molecule has 0 radical (unpaired) electrons. The van der Waals surface area contributed by atoms with Gasteiger partial charge in [-0.25, -0.2) is 0 Å². The molecule has 1 N–H and O–H groups in total. The van der Waals surface area contributed by atoms with Gasteiger partial charge in [0.05, 0.1) is 12.6 Å². The number of aromatic nitrogens is 2. The van der Waals surface area contributed by atoms with Crippen LogP contribution in [-0.2, 0) is 6.54 Å². The molecule has 1 heterocycles. The Morgan fingerprint density at radius 3 is 2.74 bits per heavy atom.